The summed E-state index contributed by atoms with van der Waals surface area (Å²) in [5.74, 6) is -2.05. The van der Waals surface area contributed by atoms with Crippen LogP contribution in [0.4, 0.5) is 4.79 Å². The lowest BCUT2D eigenvalue weighted by molar-refractivity contribution is -0.177. The van der Waals surface area contributed by atoms with E-state index < -0.39 is 42.3 Å². The molecule has 1 saturated heterocycles. The molecule has 1 saturated carbocycles. The lowest BCUT2D eigenvalue weighted by Gasteiger charge is -2.39. The summed E-state index contributed by atoms with van der Waals surface area (Å²) in [6, 6.07) is -0.425. The zero-order valence-electron chi connectivity index (χ0n) is 11.6. The van der Waals surface area contributed by atoms with E-state index in [2.05, 4.69) is 5.32 Å². The van der Waals surface area contributed by atoms with Gasteiger partial charge in [-0.25, -0.2) is 4.79 Å². The van der Waals surface area contributed by atoms with Gasteiger partial charge in [0.25, 0.3) is 0 Å². The first-order chi connectivity index (χ1) is 9.47. The minimum absolute atomic E-state index is 0.0952. The summed E-state index contributed by atoms with van der Waals surface area (Å²) in [6.07, 6.45) is -1.66. The minimum Gasteiger partial charge on any atom is -0.481 e. The normalized spacial score (nSPS) is 36.4. The third kappa shape index (κ3) is 2.73. The molecule has 1 heterocycles. The number of carboxylic acids is 1. The third-order valence-corrected chi connectivity index (χ3v) is 4.10. The van der Waals surface area contributed by atoms with Crippen LogP contribution in [0.15, 0.2) is 0 Å². The summed E-state index contributed by atoms with van der Waals surface area (Å²) in [5, 5.41) is 22.0. The number of ether oxygens (including phenoxy) is 2. The first-order valence-electron chi connectivity index (χ1n) is 7.01. The van der Waals surface area contributed by atoms with Gasteiger partial charge in [-0.2, -0.15) is 0 Å². The van der Waals surface area contributed by atoms with E-state index in [9.17, 15) is 19.8 Å². The molecule has 7 heteroatoms. The largest absolute Gasteiger partial charge is 0.481 e. The second-order valence-corrected chi connectivity index (χ2v) is 5.33. The highest BCUT2D eigenvalue weighted by Crippen LogP contribution is 2.33. The van der Waals surface area contributed by atoms with E-state index >= 15 is 0 Å². The fourth-order valence-electron chi connectivity index (χ4n) is 2.91. The van der Waals surface area contributed by atoms with E-state index in [-0.39, 0.29) is 12.5 Å². The predicted octanol–water partition coefficient (Wildman–Crippen LogP) is 0.503. The zero-order valence-corrected chi connectivity index (χ0v) is 11.6. The van der Waals surface area contributed by atoms with Crippen LogP contribution in [0.1, 0.15) is 33.1 Å². The fourth-order valence-corrected chi connectivity index (χ4v) is 2.91. The summed E-state index contributed by atoms with van der Waals surface area (Å²) >= 11 is 0. The zero-order chi connectivity index (χ0) is 14.9. The van der Waals surface area contributed by atoms with Crippen LogP contribution in [0.25, 0.3) is 0 Å². The molecule has 2 fully saturated rings. The second-order valence-electron chi connectivity index (χ2n) is 5.33. The number of carbonyl (C=O) groups excluding carboxylic acids is 1. The number of carbonyl (C=O) groups is 2. The van der Waals surface area contributed by atoms with Crippen molar-refractivity contribution in [2.24, 2.45) is 5.92 Å². The Labute approximate surface area is 117 Å². The van der Waals surface area contributed by atoms with Gasteiger partial charge in [0.2, 0.25) is 0 Å². The SMILES string of the molecule is CCC(CC)O[C@@H]1[C@H](O)[C@H](C(=O)O)C[C@@H]2NC(=O)O[C@H]12. The Hall–Kier alpha value is -1.34. The van der Waals surface area contributed by atoms with Gasteiger partial charge in [-0.15, -0.1) is 0 Å². The maximum Gasteiger partial charge on any atom is 0.407 e. The van der Waals surface area contributed by atoms with Crippen LogP contribution in [0, 0.1) is 5.92 Å². The first kappa shape index (κ1) is 15.1. The fraction of sp³-hybridized carbons (Fsp3) is 0.846. The molecule has 0 aromatic rings. The molecule has 1 aliphatic heterocycles. The number of fused-ring (bicyclic) bond motifs is 1. The Morgan fingerprint density at radius 2 is 2.15 bits per heavy atom. The Morgan fingerprint density at radius 1 is 1.50 bits per heavy atom. The summed E-state index contributed by atoms with van der Waals surface area (Å²) < 4.78 is 11.0. The maximum absolute atomic E-state index is 11.3. The van der Waals surface area contributed by atoms with Crippen molar-refractivity contribution < 1.29 is 29.3 Å². The molecule has 2 aliphatic rings. The Kier molecular flexibility index (Phi) is 4.49. The Balaban J connectivity index is 2.19. The molecule has 20 heavy (non-hydrogen) atoms. The number of aliphatic hydroxyl groups excluding tert-OH is 1. The van der Waals surface area contributed by atoms with E-state index in [1.807, 2.05) is 13.8 Å². The van der Waals surface area contributed by atoms with Crippen molar-refractivity contribution in [3.63, 3.8) is 0 Å². The standard InChI is InChI=1S/C13H21NO6/c1-3-6(4-2)19-11-9(15)7(12(16)17)5-8-10(11)20-13(18)14-8/h6-11,15H,3-5H2,1-2H3,(H,14,18)(H,16,17)/t7-,8+,9-,10+,11-/m1/s1. The number of aliphatic hydroxyl groups is 1. The Bertz CT molecular complexity index is 383. The van der Waals surface area contributed by atoms with E-state index in [0.717, 1.165) is 12.8 Å². The van der Waals surface area contributed by atoms with Gasteiger partial charge < -0.3 is 25.0 Å². The molecule has 0 radical (unpaired) electrons. The number of hydrogen-bond acceptors (Lipinski definition) is 5. The van der Waals surface area contributed by atoms with Gasteiger partial charge in [0.15, 0.2) is 6.10 Å². The number of hydrogen-bond donors (Lipinski definition) is 3. The van der Waals surface area contributed by atoms with Gasteiger partial charge in [0, 0.05) is 0 Å². The van der Waals surface area contributed by atoms with Gasteiger partial charge in [0.05, 0.1) is 24.2 Å². The average Bonchev–Trinajstić information content (AvgIpc) is 2.77. The highest BCUT2D eigenvalue weighted by molar-refractivity contribution is 5.73. The molecule has 3 N–H and O–H groups in total. The van der Waals surface area contributed by atoms with Crippen molar-refractivity contribution in [1.82, 2.24) is 5.32 Å². The first-order valence-corrected chi connectivity index (χ1v) is 7.01. The van der Waals surface area contributed by atoms with Crippen molar-refractivity contribution >= 4 is 12.1 Å². The summed E-state index contributed by atoms with van der Waals surface area (Å²) in [5.41, 5.74) is 0. The predicted molar refractivity (Wildman–Crippen MR) is 68.2 cm³/mol. The van der Waals surface area contributed by atoms with Crippen molar-refractivity contribution in [2.45, 2.75) is 63.6 Å². The maximum atomic E-state index is 11.3. The average molecular weight is 287 g/mol. The van der Waals surface area contributed by atoms with Crippen molar-refractivity contribution in [2.75, 3.05) is 0 Å². The molecule has 1 amide bonds. The topological polar surface area (TPSA) is 105 Å². The number of amides is 1. The van der Waals surface area contributed by atoms with Gasteiger partial charge >= 0.3 is 12.1 Å². The van der Waals surface area contributed by atoms with Crippen molar-refractivity contribution in [3.8, 4) is 0 Å². The number of aliphatic carboxylic acids is 1. The highest BCUT2D eigenvalue weighted by Gasteiger charge is 2.53. The molecule has 0 bridgehead atoms. The highest BCUT2D eigenvalue weighted by atomic mass is 16.6. The number of carboxylic acid groups (broad SMARTS) is 1. The van der Waals surface area contributed by atoms with E-state index in [1.165, 1.54) is 0 Å². The van der Waals surface area contributed by atoms with Crippen LogP contribution in [-0.4, -0.2) is 52.7 Å². The lowest BCUT2D eigenvalue weighted by Crippen LogP contribution is -2.57. The van der Waals surface area contributed by atoms with Gasteiger partial charge in [-0.1, -0.05) is 13.8 Å². The van der Waals surface area contributed by atoms with Crippen LogP contribution in [0.3, 0.4) is 0 Å². The van der Waals surface area contributed by atoms with Crippen LogP contribution in [0.5, 0.6) is 0 Å². The molecular weight excluding hydrogens is 266 g/mol. The van der Waals surface area contributed by atoms with Crippen LogP contribution >= 0.6 is 0 Å². The van der Waals surface area contributed by atoms with Crippen molar-refractivity contribution in [1.29, 1.82) is 0 Å². The third-order valence-electron chi connectivity index (χ3n) is 4.10. The minimum atomic E-state index is -1.18. The molecule has 0 aromatic heterocycles. The molecule has 1 aliphatic carbocycles. The quantitative estimate of drug-likeness (QED) is 0.680. The van der Waals surface area contributed by atoms with Gasteiger partial charge in [-0.3, -0.25) is 4.79 Å². The van der Waals surface area contributed by atoms with E-state index in [0.29, 0.717) is 0 Å². The molecule has 7 nitrogen and oxygen atoms in total. The molecular formula is C13H21NO6. The van der Waals surface area contributed by atoms with Crippen LogP contribution in [0.2, 0.25) is 0 Å². The van der Waals surface area contributed by atoms with Crippen LogP contribution < -0.4 is 5.32 Å². The van der Waals surface area contributed by atoms with Crippen LogP contribution in [-0.2, 0) is 14.3 Å². The second kappa shape index (κ2) is 5.97. The van der Waals surface area contributed by atoms with Gasteiger partial charge in [-0.05, 0) is 19.3 Å². The van der Waals surface area contributed by atoms with Gasteiger partial charge in [0.1, 0.15) is 6.10 Å². The monoisotopic (exact) mass is 287 g/mol. The Morgan fingerprint density at radius 3 is 2.70 bits per heavy atom. The smallest absolute Gasteiger partial charge is 0.407 e. The molecule has 0 unspecified atom stereocenters. The van der Waals surface area contributed by atoms with E-state index in [4.69, 9.17) is 9.47 Å². The number of rotatable bonds is 5. The lowest BCUT2D eigenvalue weighted by atomic mass is 9.79. The molecule has 5 atom stereocenters. The molecule has 114 valence electrons. The summed E-state index contributed by atoms with van der Waals surface area (Å²) in [6.45, 7) is 3.91. The molecule has 0 aromatic carbocycles. The summed E-state index contributed by atoms with van der Waals surface area (Å²) in [7, 11) is 0. The number of nitrogens with one attached hydrogen (secondary N) is 1. The van der Waals surface area contributed by atoms with Crippen molar-refractivity contribution in [3.05, 3.63) is 0 Å². The summed E-state index contributed by atoms with van der Waals surface area (Å²) in [4.78, 5) is 22.6. The number of alkyl carbamates (subject to hydrolysis) is 1. The molecule has 2 rings (SSSR count). The van der Waals surface area contributed by atoms with E-state index in [1.54, 1.807) is 0 Å². The molecule has 0 spiro atoms.